The van der Waals surface area contributed by atoms with Gasteiger partial charge in [-0.05, 0) is 24.6 Å². The number of nitrogens with one attached hydrogen (secondary N) is 1. The first-order valence-corrected chi connectivity index (χ1v) is 12.1. The molecule has 1 aliphatic heterocycles. The zero-order valence-corrected chi connectivity index (χ0v) is 18.4. The average molecular weight is 452 g/mol. The molecule has 3 aromatic rings. The fraction of sp³-hybridized carbons (Fsp3) is 0.333. The SMILES string of the molecule is Cc1ccc(NC(=O)CSc2ncnc3nc(N4CCSCC4)sc23)c(Cl)c1. The van der Waals surface area contributed by atoms with Gasteiger partial charge in [0.2, 0.25) is 5.91 Å². The lowest BCUT2D eigenvalue weighted by Crippen LogP contribution is -2.32. The van der Waals surface area contributed by atoms with E-state index < -0.39 is 0 Å². The van der Waals surface area contributed by atoms with E-state index in [2.05, 4.69) is 25.2 Å². The second-order valence-corrected chi connectivity index (χ2v) is 9.82. The summed E-state index contributed by atoms with van der Waals surface area (Å²) in [6.45, 7) is 3.96. The minimum atomic E-state index is -0.125. The van der Waals surface area contributed by atoms with Gasteiger partial charge in [-0.15, -0.1) is 0 Å². The number of aryl methyl sites for hydroxylation is 1. The first kappa shape index (κ1) is 19.8. The van der Waals surface area contributed by atoms with Gasteiger partial charge in [-0.2, -0.15) is 16.7 Å². The van der Waals surface area contributed by atoms with E-state index >= 15 is 0 Å². The van der Waals surface area contributed by atoms with Crippen LogP contribution in [0.1, 0.15) is 5.56 Å². The molecule has 6 nitrogen and oxygen atoms in total. The maximum absolute atomic E-state index is 12.4. The molecule has 1 fully saturated rings. The molecule has 146 valence electrons. The third-order valence-electron chi connectivity index (χ3n) is 4.17. The van der Waals surface area contributed by atoms with Gasteiger partial charge in [-0.1, -0.05) is 40.8 Å². The molecule has 0 atom stereocenters. The highest BCUT2D eigenvalue weighted by Gasteiger charge is 2.18. The summed E-state index contributed by atoms with van der Waals surface area (Å²) < 4.78 is 0.932. The van der Waals surface area contributed by atoms with E-state index in [4.69, 9.17) is 11.6 Å². The molecule has 2 aromatic heterocycles. The maximum Gasteiger partial charge on any atom is 0.234 e. The van der Waals surface area contributed by atoms with Gasteiger partial charge in [0, 0.05) is 24.6 Å². The van der Waals surface area contributed by atoms with Crippen molar-refractivity contribution in [2.75, 3.05) is 40.6 Å². The number of rotatable bonds is 5. The second-order valence-electron chi connectivity index (χ2n) is 6.25. The smallest absolute Gasteiger partial charge is 0.234 e. The van der Waals surface area contributed by atoms with Gasteiger partial charge in [0.1, 0.15) is 16.1 Å². The normalized spacial score (nSPS) is 14.4. The zero-order chi connectivity index (χ0) is 19.5. The highest BCUT2D eigenvalue weighted by atomic mass is 35.5. The third-order valence-corrected chi connectivity index (χ3v) is 7.65. The number of halogens is 1. The topological polar surface area (TPSA) is 71.0 Å². The molecular formula is C18H18ClN5OS3. The molecule has 1 N–H and O–H groups in total. The van der Waals surface area contributed by atoms with Crippen LogP contribution in [0.5, 0.6) is 0 Å². The highest BCUT2D eigenvalue weighted by Crippen LogP contribution is 2.34. The molecule has 0 saturated carbocycles. The van der Waals surface area contributed by atoms with Crippen molar-refractivity contribution in [1.29, 1.82) is 0 Å². The van der Waals surface area contributed by atoms with Crippen LogP contribution in [0.15, 0.2) is 29.6 Å². The summed E-state index contributed by atoms with van der Waals surface area (Å²) in [5.41, 5.74) is 2.36. The summed E-state index contributed by atoms with van der Waals surface area (Å²) in [5.74, 6) is 2.35. The van der Waals surface area contributed by atoms with Crippen LogP contribution in [0, 0.1) is 6.92 Å². The number of thioether (sulfide) groups is 2. The number of hydrogen-bond acceptors (Lipinski definition) is 8. The molecule has 1 amide bonds. The van der Waals surface area contributed by atoms with Gasteiger partial charge in [0.25, 0.3) is 0 Å². The van der Waals surface area contributed by atoms with Crippen LogP contribution in [0.3, 0.4) is 0 Å². The number of nitrogens with zero attached hydrogens (tertiary/aromatic N) is 4. The van der Waals surface area contributed by atoms with Crippen molar-refractivity contribution in [3.8, 4) is 0 Å². The van der Waals surface area contributed by atoms with Crippen molar-refractivity contribution < 1.29 is 4.79 Å². The summed E-state index contributed by atoms with van der Waals surface area (Å²) in [4.78, 5) is 28.0. The molecule has 28 heavy (non-hydrogen) atoms. The summed E-state index contributed by atoms with van der Waals surface area (Å²) in [6.07, 6.45) is 1.51. The zero-order valence-electron chi connectivity index (χ0n) is 15.1. The van der Waals surface area contributed by atoms with Gasteiger partial charge >= 0.3 is 0 Å². The van der Waals surface area contributed by atoms with E-state index in [1.165, 1.54) is 18.1 Å². The molecule has 10 heteroatoms. The van der Waals surface area contributed by atoms with E-state index in [1.54, 1.807) is 11.3 Å². The Morgan fingerprint density at radius 3 is 2.93 bits per heavy atom. The molecule has 1 saturated heterocycles. The first-order chi connectivity index (χ1) is 13.6. The largest absolute Gasteiger partial charge is 0.346 e. The highest BCUT2D eigenvalue weighted by molar-refractivity contribution is 8.00. The summed E-state index contributed by atoms with van der Waals surface area (Å²) in [7, 11) is 0. The quantitative estimate of drug-likeness (QED) is 0.457. The Hall–Kier alpha value is -1.55. The Labute approximate surface area is 180 Å². The number of amides is 1. The number of aromatic nitrogens is 3. The Morgan fingerprint density at radius 2 is 2.14 bits per heavy atom. The number of thiazole rings is 1. The van der Waals surface area contributed by atoms with Crippen LogP contribution in [0.4, 0.5) is 10.8 Å². The fourth-order valence-corrected chi connectivity index (χ4v) is 5.88. The minimum Gasteiger partial charge on any atom is -0.346 e. The first-order valence-electron chi connectivity index (χ1n) is 8.73. The van der Waals surface area contributed by atoms with Gasteiger partial charge in [0.05, 0.1) is 16.5 Å². The molecule has 0 unspecified atom stereocenters. The molecule has 1 aromatic carbocycles. The van der Waals surface area contributed by atoms with E-state index in [1.807, 2.05) is 36.9 Å². The Morgan fingerprint density at radius 1 is 1.32 bits per heavy atom. The second kappa shape index (κ2) is 8.86. The van der Waals surface area contributed by atoms with Gasteiger partial charge in [0.15, 0.2) is 10.8 Å². The maximum atomic E-state index is 12.4. The van der Waals surface area contributed by atoms with Crippen LogP contribution < -0.4 is 10.2 Å². The molecule has 0 aliphatic carbocycles. The molecule has 4 rings (SSSR count). The lowest BCUT2D eigenvalue weighted by atomic mass is 10.2. The number of carbonyl (C=O) groups is 1. The standard InChI is InChI=1S/C18H18ClN5OS3/c1-11-2-3-13(12(19)8-11)22-14(25)9-27-17-15-16(20-10-21-17)23-18(28-15)24-4-6-26-7-5-24/h2-3,8,10H,4-7,9H2,1H3,(H,22,25). The average Bonchev–Trinajstić information content (AvgIpc) is 3.14. The predicted octanol–water partition coefficient (Wildman–Crippen LogP) is 4.33. The Bertz CT molecular complexity index is 1010. The van der Waals surface area contributed by atoms with Gasteiger partial charge < -0.3 is 10.2 Å². The summed E-state index contributed by atoms with van der Waals surface area (Å²) in [6, 6.07) is 5.56. The van der Waals surface area contributed by atoms with Crippen LogP contribution >= 0.6 is 46.5 Å². The number of hydrogen-bond donors (Lipinski definition) is 1. The molecule has 0 radical (unpaired) electrons. The van der Waals surface area contributed by atoms with Crippen molar-refractivity contribution in [3.63, 3.8) is 0 Å². The van der Waals surface area contributed by atoms with Crippen molar-refractivity contribution in [2.45, 2.75) is 11.9 Å². The number of fused-ring (bicyclic) bond motifs is 1. The monoisotopic (exact) mass is 451 g/mol. The molecule has 0 bridgehead atoms. The van der Waals surface area contributed by atoms with E-state index in [0.29, 0.717) is 16.4 Å². The predicted molar refractivity (Wildman–Crippen MR) is 120 cm³/mol. The number of anilines is 2. The number of benzene rings is 1. The summed E-state index contributed by atoms with van der Waals surface area (Å²) >= 11 is 11.1. The van der Waals surface area contributed by atoms with Crippen molar-refractivity contribution in [1.82, 2.24) is 15.0 Å². The van der Waals surface area contributed by atoms with Crippen molar-refractivity contribution in [3.05, 3.63) is 35.1 Å². The molecule has 0 spiro atoms. The minimum absolute atomic E-state index is 0.125. The fourth-order valence-electron chi connectivity index (χ4n) is 2.76. The van der Waals surface area contributed by atoms with Gasteiger partial charge in [-0.3, -0.25) is 4.79 Å². The summed E-state index contributed by atoms with van der Waals surface area (Å²) in [5, 5.41) is 5.15. The third kappa shape index (κ3) is 4.53. The van der Waals surface area contributed by atoms with E-state index in [9.17, 15) is 4.79 Å². The van der Waals surface area contributed by atoms with E-state index in [0.717, 1.165) is 45.0 Å². The molecular weight excluding hydrogens is 434 g/mol. The lowest BCUT2D eigenvalue weighted by molar-refractivity contribution is -0.113. The molecule has 1 aliphatic rings. The van der Waals surface area contributed by atoms with Gasteiger partial charge in [-0.25, -0.2) is 9.97 Å². The Kier molecular flexibility index (Phi) is 6.25. The van der Waals surface area contributed by atoms with Crippen molar-refractivity contribution in [2.24, 2.45) is 0 Å². The van der Waals surface area contributed by atoms with Crippen LogP contribution in [-0.2, 0) is 4.79 Å². The lowest BCUT2D eigenvalue weighted by Gasteiger charge is -2.25. The molecule has 3 heterocycles. The van der Waals surface area contributed by atoms with Crippen LogP contribution in [-0.4, -0.2) is 51.2 Å². The van der Waals surface area contributed by atoms with Crippen LogP contribution in [0.25, 0.3) is 10.3 Å². The Balaban J connectivity index is 1.45. The van der Waals surface area contributed by atoms with Crippen molar-refractivity contribution >= 4 is 73.5 Å². The van der Waals surface area contributed by atoms with E-state index in [-0.39, 0.29) is 11.7 Å². The number of carbonyl (C=O) groups excluding carboxylic acids is 1. The van der Waals surface area contributed by atoms with Crippen LogP contribution in [0.2, 0.25) is 5.02 Å².